The Kier molecular flexibility index (Phi) is 7.81. The smallest absolute Gasteiger partial charge is 0.340 e. The second kappa shape index (κ2) is 10.4. The summed E-state index contributed by atoms with van der Waals surface area (Å²) in [6.07, 6.45) is 0.220. The summed E-state index contributed by atoms with van der Waals surface area (Å²) in [6.45, 7) is 2.09. The highest BCUT2D eigenvalue weighted by atomic mass is 35.5. The van der Waals surface area contributed by atoms with E-state index in [1.807, 2.05) is 17.0 Å². The molecule has 32 heavy (non-hydrogen) atoms. The van der Waals surface area contributed by atoms with Gasteiger partial charge in [-0.2, -0.15) is 8.78 Å². The highest BCUT2D eigenvalue weighted by Crippen LogP contribution is 2.20. The first-order chi connectivity index (χ1) is 15.2. The molecule has 0 spiro atoms. The van der Waals surface area contributed by atoms with Crippen LogP contribution in [0.15, 0.2) is 53.4 Å². The van der Waals surface area contributed by atoms with E-state index in [2.05, 4.69) is 5.32 Å². The van der Waals surface area contributed by atoms with E-state index in [0.717, 1.165) is 17.7 Å². The summed E-state index contributed by atoms with van der Waals surface area (Å²) in [7, 11) is -4.67. The van der Waals surface area contributed by atoms with Crippen LogP contribution >= 0.6 is 11.6 Å². The largest absolute Gasteiger partial charge is 0.341 e. The molecule has 2 amide bonds. The molecular weight excluding hydrogens is 464 g/mol. The summed E-state index contributed by atoms with van der Waals surface area (Å²) in [5.41, 5.74) is 1.07. The van der Waals surface area contributed by atoms with E-state index in [1.54, 1.807) is 17.0 Å². The van der Waals surface area contributed by atoms with Gasteiger partial charge < -0.3 is 10.2 Å². The fraction of sp³-hybridized carbons (Fsp3) is 0.333. The van der Waals surface area contributed by atoms with Crippen molar-refractivity contribution in [2.45, 2.75) is 17.1 Å². The van der Waals surface area contributed by atoms with Gasteiger partial charge in [0.05, 0.1) is 17.9 Å². The highest BCUT2D eigenvalue weighted by Gasteiger charge is 2.26. The Morgan fingerprint density at radius 3 is 2.22 bits per heavy atom. The molecule has 0 bridgehead atoms. The Bertz CT molecular complexity index is 1070. The van der Waals surface area contributed by atoms with Gasteiger partial charge in [0.1, 0.15) is 0 Å². The molecule has 0 aliphatic carbocycles. The Morgan fingerprint density at radius 2 is 1.62 bits per heavy atom. The number of halogens is 3. The lowest BCUT2D eigenvalue weighted by Crippen LogP contribution is -2.50. The molecule has 1 aliphatic rings. The summed E-state index contributed by atoms with van der Waals surface area (Å²) in [5.74, 6) is -3.86. The van der Waals surface area contributed by atoms with Crippen molar-refractivity contribution in [1.82, 2.24) is 9.80 Å². The number of benzene rings is 2. The van der Waals surface area contributed by atoms with Gasteiger partial charge >= 0.3 is 5.76 Å². The van der Waals surface area contributed by atoms with Crippen molar-refractivity contribution in [3.05, 3.63) is 59.1 Å². The van der Waals surface area contributed by atoms with Crippen molar-refractivity contribution in [1.29, 1.82) is 0 Å². The normalized spacial score (nSPS) is 15.1. The van der Waals surface area contributed by atoms with Crippen LogP contribution in [0.4, 0.5) is 14.5 Å². The number of sulfone groups is 1. The first-order valence-electron chi connectivity index (χ1n) is 9.82. The number of nitrogens with one attached hydrogen (secondary N) is 1. The van der Waals surface area contributed by atoms with Crippen LogP contribution in [0.25, 0.3) is 0 Å². The molecule has 2 aromatic rings. The van der Waals surface area contributed by atoms with Crippen molar-refractivity contribution in [2.75, 3.05) is 38.0 Å². The van der Waals surface area contributed by atoms with Gasteiger partial charge in [-0.1, -0.05) is 29.8 Å². The molecule has 1 fully saturated rings. The summed E-state index contributed by atoms with van der Waals surface area (Å²) >= 11 is 6.11. The van der Waals surface area contributed by atoms with E-state index < -0.39 is 20.5 Å². The number of amides is 2. The lowest BCUT2D eigenvalue weighted by molar-refractivity contribution is -0.132. The number of nitrogens with zero attached hydrogens (tertiary/aromatic N) is 2. The number of anilines is 1. The second-order valence-electron chi connectivity index (χ2n) is 7.30. The van der Waals surface area contributed by atoms with E-state index in [0.29, 0.717) is 36.9 Å². The third kappa shape index (κ3) is 6.02. The maximum absolute atomic E-state index is 12.6. The Hall–Kier alpha value is -2.56. The van der Waals surface area contributed by atoms with E-state index in [-0.39, 0.29) is 24.8 Å². The molecule has 7 nitrogen and oxygen atoms in total. The first-order valence-corrected chi connectivity index (χ1v) is 11.7. The van der Waals surface area contributed by atoms with Gasteiger partial charge in [-0.3, -0.25) is 14.5 Å². The molecule has 0 radical (unpaired) electrons. The monoisotopic (exact) mass is 485 g/mol. The summed E-state index contributed by atoms with van der Waals surface area (Å²) in [6, 6.07) is 11.8. The quantitative estimate of drug-likeness (QED) is 0.651. The third-order valence-electron chi connectivity index (χ3n) is 5.09. The van der Waals surface area contributed by atoms with E-state index in [9.17, 15) is 26.8 Å². The van der Waals surface area contributed by atoms with Gasteiger partial charge in [-0.25, -0.2) is 8.42 Å². The zero-order valence-corrected chi connectivity index (χ0v) is 18.6. The van der Waals surface area contributed by atoms with Crippen molar-refractivity contribution < 1.29 is 26.8 Å². The van der Waals surface area contributed by atoms with Crippen LogP contribution in [-0.2, 0) is 25.8 Å². The zero-order chi connectivity index (χ0) is 23.3. The van der Waals surface area contributed by atoms with Crippen LogP contribution in [0.1, 0.15) is 5.56 Å². The van der Waals surface area contributed by atoms with Crippen LogP contribution in [0, 0.1) is 0 Å². The maximum atomic E-state index is 12.6. The molecule has 1 saturated heterocycles. The van der Waals surface area contributed by atoms with Crippen molar-refractivity contribution in [3.63, 3.8) is 0 Å². The lowest BCUT2D eigenvalue weighted by atomic mass is 10.1. The predicted octanol–water partition coefficient (Wildman–Crippen LogP) is 2.66. The molecule has 172 valence electrons. The molecule has 1 N–H and O–H groups in total. The zero-order valence-electron chi connectivity index (χ0n) is 17.0. The molecular formula is C21H22ClF2N3O4S. The predicted molar refractivity (Wildman–Crippen MR) is 116 cm³/mol. The van der Waals surface area contributed by atoms with Gasteiger partial charge in [0.2, 0.25) is 21.7 Å². The standard InChI is InChI=1S/C21H22ClF2N3O4S/c22-18-4-2-1-3-15(18)13-20(29)27-11-9-26(10-12-27)14-19(28)25-16-5-7-17(8-6-16)32(30,31)21(23)24/h1-8,21H,9-14H2,(H,25,28). The first kappa shape index (κ1) is 24.1. The minimum absolute atomic E-state index is 0.0268. The average Bonchev–Trinajstić information content (AvgIpc) is 2.76. The van der Waals surface area contributed by atoms with Gasteiger partial charge in [-0.15, -0.1) is 0 Å². The number of carbonyl (C=O) groups excluding carboxylic acids is 2. The summed E-state index contributed by atoms with van der Waals surface area (Å²) < 4.78 is 48.0. The SMILES string of the molecule is O=C(CN1CCN(C(=O)Cc2ccccc2Cl)CC1)Nc1ccc(S(=O)(=O)C(F)F)cc1. The van der Waals surface area contributed by atoms with Crippen LogP contribution in [0.2, 0.25) is 5.02 Å². The maximum Gasteiger partial charge on any atom is 0.341 e. The van der Waals surface area contributed by atoms with E-state index >= 15 is 0 Å². The lowest BCUT2D eigenvalue weighted by Gasteiger charge is -2.34. The molecule has 1 aliphatic heterocycles. The Labute approximate surface area is 189 Å². The molecule has 0 unspecified atom stereocenters. The Morgan fingerprint density at radius 1 is 1.00 bits per heavy atom. The number of alkyl halides is 2. The number of hydrogen-bond donors (Lipinski definition) is 1. The fourth-order valence-electron chi connectivity index (χ4n) is 3.31. The number of rotatable bonds is 7. The van der Waals surface area contributed by atoms with Gasteiger partial charge in [0, 0.05) is 36.9 Å². The molecule has 2 aromatic carbocycles. The van der Waals surface area contributed by atoms with Crippen molar-refractivity contribution >= 4 is 38.9 Å². The molecule has 0 atom stereocenters. The second-order valence-corrected chi connectivity index (χ2v) is 9.63. The third-order valence-corrected chi connectivity index (χ3v) is 6.86. The Balaban J connectivity index is 1.46. The van der Waals surface area contributed by atoms with Crippen molar-refractivity contribution in [3.8, 4) is 0 Å². The van der Waals surface area contributed by atoms with E-state index in [1.165, 1.54) is 12.1 Å². The van der Waals surface area contributed by atoms with Crippen LogP contribution in [-0.4, -0.2) is 68.5 Å². The number of piperazine rings is 1. The average molecular weight is 486 g/mol. The molecule has 3 rings (SSSR count). The number of carbonyl (C=O) groups is 2. The van der Waals surface area contributed by atoms with Gasteiger partial charge in [0.25, 0.3) is 0 Å². The fourth-order valence-corrected chi connectivity index (χ4v) is 4.23. The van der Waals surface area contributed by atoms with Gasteiger partial charge in [0.15, 0.2) is 0 Å². The molecule has 11 heteroatoms. The minimum Gasteiger partial charge on any atom is -0.340 e. The minimum atomic E-state index is -4.67. The molecule has 0 aromatic heterocycles. The number of hydrogen-bond acceptors (Lipinski definition) is 5. The molecule has 1 heterocycles. The van der Waals surface area contributed by atoms with Crippen LogP contribution in [0.3, 0.4) is 0 Å². The van der Waals surface area contributed by atoms with Crippen LogP contribution < -0.4 is 5.32 Å². The van der Waals surface area contributed by atoms with Crippen LogP contribution in [0.5, 0.6) is 0 Å². The van der Waals surface area contributed by atoms with Crippen molar-refractivity contribution in [2.24, 2.45) is 0 Å². The topological polar surface area (TPSA) is 86.8 Å². The van der Waals surface area contributed by atoms with Gasteiger partial charge in [-0.05, 0) is 35.9 Å². The summed E-state index contributed by atoms with van der Waals surface area (Å²) in [5, 5.41) is 3.16. The molecule has 0 saturated carbocycles. The van der Waals surface area contributed by atoms with E-state index in [4.69, 9.17) is 11.6 Å². The summed E-state index contributed by atoms with van der Waals surface area (Å²) in [4.78, 5) is 27.9. The highest BCUT2D eigenvalue weighted by molar-refractivity contribution is 7.91.